The Kier molecular flexibility index (Phi) is 61.1. The van der Waals surface area contributed by atoms with Crippen LogP contribution in [-0.4, -0.2) is 99.6 Å². The van der Waals surface area contributed by atoms with Crippen molar-refractivity contribution in [1.29, 1.82) is 0 Å². The van der Waals surface area contributed by atoms with Crippen LogP contribution in [0.5, 0.6) is 0 Å². The van der Waals surface area contributed by atoms with E-state index in [0.717, 1.165) is 103 Å². The van der Waals surface area contributed by atoms with Crippen LogP contribution in [0.15, 0.2) is 60.8 Å². The molecule has 0 spiro atoms. The first-order valence-electron chi connectivity index (χ1n) is 37.6. The maximum Gasteiger partial charge on any atom is 0.306 e. The van der Waals surface area contributed by atoms with E-state index in [4.69, 9.17) is 14.2 Å². The molecule has 8 atom stereocenters. The molecule has 1 saturated heterocycles. The molecule has 11 nitrogen and oxygen atoms in total. The topological polar surface area (TPSA) is 175 Å². The molecule has 1 rings (SSSR count). The highest BCUT2D eigenvalue weighted by molar-refractivity contribution is 5.80. The highest BCUT2D eigenvalue weighted by atomic mass is 16.7. The van der Waals surface area contributed by atoms with Crippen LogP contribution in [0.4, 0.5) is 0 Å². The number of hydrogen-bond donors (Lipinski definition) is 6. The molecule has 0 aromatic rings. The van der Waals surface area contributed by atoms with Crippen LogP contribution in [0.3, 0.4) is 0 Å². The minimum atomic E-state index is -1.62. The molecule has 0 aromatic heterocycles. The van der Waals surface area contributed by atoms with Gasteiger partial charge in [-0.1, -0.05) is 338 Å². The SMILES string of the molecule is CCCCC/C=C\C/C=C\C/C=C\C/C=C\CCCCCCCCCC(=O)OC1C(OCC(NC(=O)C(O)CCCCCCCCCCCCCCCCCCCCCCCCCC)C(O)/C=C/CCCCCCCCCCCC)OC(CO)C(O)C1O. The zero-order valence-corrected chi connectivity index (χ0v) is 57.4. The van der Waals surface area contributed by atoms with Gasteiger partial charge in [-0.05, 0) is 70.6 Å². The van der Waals surface area contributed by atoms with Gasteiger partial charge in [-0.2, -0.15) is 0 Å². The normalized spacial score (nSPS) is 18.5. The second-order valence-corrected chi connectivity index (χ2v) is 26.0. The minimum Gasteiger partial charge on any atom is -0.454 e. The highest BCUT2D eigenvalue weighted by Gasteiger charge is 2.47. The van der Waals surface area contributed by atoms with Gasteiger partial charge in [0.2, 0.25) is 5.91 Å². The van der Waals surface area contributed by atoms with Crippen molar-refractivity contribution >= 4 is 11.9 Å². The van der Waals surface area contributed by atoms with Gasteiger partial charge < -0.3 is 45.1 Å². The molecule has 1 aliphatic rings. The number of ether oxygens (including phenoxy) is 3. The fraction of sp³-hybridized carbons (Fsp3) is 0.844. The van der Waals surface area contributed by atoms with Crippen molar-refractivity contribution in [1.82, 2.24) is 5.32 Å². The molecule has 1 aliphatic heterocycles. The average Bonchev–Trinajstić information content (AvgIpc) is 2.54. The van der Waals surface area contributed by atoms with Gasteiger partial charge in [0.05, 0.1) is 25.4 Å². The van der Waals surface area contributed by atoms with Gasteiger partial charge >= 0.3 is 5.97 Å². The zero-order chi connectivity index (χ0) is 63.9. The predicted molar refractivity (Wildman–Crippen MR) is 370 cm³/mol. The lowest BCUT2D eigenvalue weighted by molar-refractivity contribution is -0.305. The number of esters is 1. The van der Waals surface area contributed by atoms with Crippen LogP contribution in [0.1, 0.15) is 355 Å². The molecule has 11 heteroatoms. The highest BCUT2D eigenvalue weighted by Crippen LogP contribution is 2.26. The molecule has 514 valence electrons. The molecule has 8 unspecified atom stereocenters. The van der Waals surface area contributed by atoms with Crippen LogP contribution in [0.25, 0.3) is 0 Å². The van der Waals surface area contributed by atoms with Crippen LogP contribution in [0.2, 0.25) is 0 Å². The summed E-state index contributed by atoms with van der Waals surface area (Å²) in [5, 5.41) is 57.3. The number of aliphatic hydroxyl groups excluding tert-OH is 5. The molecular formula is C77H141NO10. The maximum atomic E-state index is 13.5. The Balaban J connectivity index is 2.55. The molecule has 6 N–H and O–H groups in total. The fourth-order valence-electron chi connectivity index (χ4n) is 11.8. The van der Waals surface area contributed by atoms with E-state index in [-0.39, 0.29) is 13.0 Å². The smallest absolute Gasteiger partial charge is 0.306 e. The van der Waals surface area contributed by atoms with Crippen molar-refractivity contribution in [2.45, 2.75) is 404 Å². The zero-order valence-electron chi connectivity index (χ0n) is 57.4. The number of carbonyl (C=O) groups excluding carboxylic acids is 2. The van der Waals surface area contributed by atoms with E-state index >= 15 is 0 Å². The van der Waals surface area contributed by atoms with Gasteiger partial charge in [-0.15, -0.1) is 0 Å². The second kappa shape index (κ2) is 64.5. The summed E-state index contributed by atoms with van der Waals surface area (Å²) in [5.74, 6) is -1.19. The van der Waals surface area contributed by atoms with Gasteiger partial charge in [0.25, 0.3) is 0 Å². The first-order chi connectivity index (χ1) is 43.2. The van der Waals surface area contributed by atoms with Crippen LogP contribution in [-0.2, 0) is 23.8 Å². The lowest BCUT2D eigenvalue weighted by atomic mass is 9.99. The van der Waals surface area contributed by atoms with Gasteiger partial charge in [0.1, 0.15) is 24.4 Å². The van der Waals surface area contributed by atoms with Crippen molar-refractivity contribution in [3.05, 3.63) is 60.8 Å². The fourth-order valence-corrected chi connectivity index (χ4v) is 11.8. The standard InChI is InChI=1S/C77H141NO10/c1-4-7-10-13-16-19-22-25-27-29-31-33-35-37-38-40-42-44-46-49-52-55-58-61-64-70(81)76(85)78-68(69(80)63-60-57-54-51-48-24-21-18-15-12-9-6-3)67-86-77-75(74(84)73(83)71(66-79)87-77)88-72(82)65-62-59-56-53-50-47-45-43-41-39-36-34-32-30-28-26-23-20-17-14-11-8-5-2/h17,20,26,28,32,34,39,41,60,63,68-71,73-75,77,79-81,83-84H,4-16,18-19,21-25,27,29-31,33,35-38,40,42-59,61-62,64-67H2,1-3H3,(H,78,85)/b20-17-,28-26-,34-32-,41-39-,63-60+. The van der Waals surface area contributed by atoms with Crippen LogP contribution < -0.4 is 5.32 Å². The summed E-state index contributed by atoms with van der Waals surface area (Å²) in [6, 6.07) is -1.03. The first-order valence-corrected chi connectivity index (χ1v) is 37.6. The number of amides is 1. The summed E-state index contributed by atoms with van der Waals surface area (Å²) in [6.45, 7) is 5.81. The van der Waals surface area contributed by atoms with E-state index in [1.165, 1.54) is 205 Å². The lowest BCUT2D eigenvalue weighted by Gasteiger charge is -2.41. The summed E-state index contributed by atoms with van der Waals surface area (Å²) >= 11 is 0. The van der Waals surface area contributed by atoms with Gasteiger partial charge in [-0.3, -0.25) is 9.59 Å². The number of unbranched alkanes of at least 4 members (excludes halogenated alkanes) is 43. The summed E-state index contributed by atoms with van der Waals surface area (Å²) in [6.07, 6.45) is 72.7. The Morgan fingerprint density at radius 1 is 0.443 bits per heavy atom. The van der Waals surface area contributed by atoms with Crippen molar-refractivity contribution in [2.75, 3.05) is 13.2 Å². The van der Waals surface area contributed by atoms with E-state index in [9.17, 15) is 35.1 Å². The van der Waals surface area contributed by atoms with Gasteiger partial charge in [0, 0.05) is 6.42 Å². The number of hydrogen-bond acceptors (Lipinski definition) is 10. The number of rotatable bonds is 65. The van der Waals surface area contributed by atoms with Crippen LogP contribution >= 0.6 is 0 Å². The number of nitrogens with one attached hydrogen (secondary N) is 1. The van der Waals surface area contributed by atoms with Crippen molar-refractivity contribution in [2.24, 2.45) is 0 Å². The molecular weight excluding hydrogens is 1100 g/mol. The molecule has 1 amide bonds. The van der Waals surface area contributed by atoms with Crippen LogP contribution in [0, 0.1) is 0 Å². The molecule has 1 heterocycles. The minimum absolute atomic E-state index is 0.111. The molecule has 0 aromatic carbocycles. The van der Waals surface area contributed by atoms with E-state index in [2.05, 4.69) is 74.7 Å². The lowest BCUT2D eigenvalue weighted by Crippen LogP contribution is -2.61. The Morgan fingerprint density at radius 3 is 1.19 bits per heavy atom. The van der Waals surface area contributed by atoms with E-state index < -0.39 is 67.4 Å². The number of aliphatic hydroxyl groups is 5. The summed E-state index contributed by atoms with van der Waals surface area (Å²) in [7, 11) is 0. The Hall–Kier alpha value is -2.64. The summed E-state index contributed by atoms with van der Waals surface area (Å²) in [5.41, 5.74) is 0. The van der Waals surface area contributed by atoms with Crippen molar-refractivity contribution in [3.8, 4) is 0 Å². The molecule has 88 heavy (non-hydrogen) atoms. The van der Waals surface area contributed by atoms with Crippen molar-refractivity contribution < 1.29 is 49.3 Å². The Bertz CT molecular complexity index is 1670. The Labute approximate surface area is 541 Å². The first kappa shape index (κ1) is 83.4. The van der Waals surface area contributed by atoms with Gasteiger partial charge in [-0.25, -0.2) is 0 Å². The predicted octanol–water partition coefficient (Wildman–Crippen LogP) is 19.7. The maximum absolute atomic E-state index is 13.5. The molecule has 0 bridgehead atoms. The summed E-state index contributed by atoms with van der Waals surface area (Å²) in [4.78, 5) is 26.7. The van der Waals surface area contributed by atoms with E-state index in [0.29, 0.717) is 19.3 Å². The third kappa shape index (κ3) is 50.9. The largest absolute Gasteiger partial charge is 0.454 e. The number of carbonyl (C=O) groups is 2. The molecule has 0 saturated carbocycles. The second-order valence-electron chi connectivity index (χ2n) is 26.0. The summed E-state index contributed by atoms with van der Waals surface area (Å²) < 4.78 is 17.7. The third-order valence-corrected chi connectivity index (χ3v) is 17.7. The Morgan fingerprint density at radius 2 is 0.784 bits per heavy atom. The van der Waals surface area contributed by atoms with Crippen molar-refractivity contribution in [3.63, 3.8) is 0 Å². The monoisotopic (exact) mass is 1240 g/mol. The third-order valence-electron chi connectivity index (χ3n) is 17.7. The van der Waals surface area contributed by atoms with Gasteiger partial charge in [0.15, 0.2) is 12.4 Å². The van der Waals surface area contributed by atoms with E-state index in [1.54, 1.807) is 6.08 Å². The quantitative estimate of drug-likeness (QED) is 0.0195. The van der Waals surface area contributed by atoms with E-state index in [1.807, 2.05) is 6.08 Å². The molecule has 1 fully saturated rings. The molecule has 0 radical (unpaired) electrons. The number of allylic oxidation sites excluding steroid dienone is 9. The average molecular weight is 1240 g/mol. The molecule has 0 aliphatic carbocycles.